The van der Waals surface area contributed by atoms with Crippen molar-refractivity contribution in [3.05, 3.63) is 33.9 Å². The molecule has 1 N–H and O–H groups in total. The fourth-order valence-corrected chi connectivity index (χ4v) is 2.73. The minimum atomic E-state index is -0.428. The third kappa shape index (κ3) is 3.47. The summed E-state index contributed by atoms with van der Waals surface area (Å²) in [6, 6.07) is 6.82. The van der Waals surface area contributed by atoms with Crippen LogP contribution in [0.25, 0.3) is 0 Å². The molecule has 0 amide bonds. The second-order valence-corrected chi connectivity index (χ2v) is 5.56. The fraction of sp³-hybridized carbons (Fsp3) is 0.533. The second-order valence-electron chi connectivity index (χ2n) is 5.56. The van der Waals surface area contributed by atoms with E-state index in [0.717, 1.165) is 31.6 Å². The molecule has 2 atom stereocenters. The van der Waals surface area contributed by atoms with Crippen LogP contribution in [-0.2, 0) is 0 Å². The molecule has 1 aromatic rings. The molecule has 1 aliphatic carbocycles. The van der Waals surface area contributed by atoms with Gasteiger partial charge in [0.1, 0.15) is 5.69 Å². The number of benzene rings is 1. The Morgan fingerprint density at radius 1 is 1.35 bits per heavy atom. The van der Waals surface area contributed by atoms with Gasteiger partial charge < -0.3 is 5.32 Å². The Morgan fingerprint density at radius 3 is 2.85 bits per heavy atom. The summed E-state index contributed by atoms with van der Waals surface area (Å²) < 4.78 is 0. The van der Waals surface area contributed by atoms with Gasteiger partial charge in [-0.3, -0.25) is 10.1 Å². The monoisotopic (exact) mass is 273 g/mol. The average molecular weight is 273 g/mol. The molecule has 0 radical (unpaired) electrons. The summed E-state index contributed by atoms with van der Waals surface area (Å²) in [4.78, 5) is 10.7. The number of nitrogens with zero attached hydrogens (tertiary/aromatic N) is 2. The highest BCUT2D eigenvalue weighted by Gasteiger charge is 2.20. The van der Waals surface area contributed by atoms with Gasteiger partial charge in [-0.25, -0.2) is 0 Å². The molecule has 1 saturated carbocycles. The predicted octanol–water partition coefficient (Wildman–Crippen LogP) is 3.85. The van der Waals surface area contributed by atoms with Crippen LogP contribution in [0.1, 0.15) is 44.6 Å². The molecule has 0 aromatic heterocycles. The molecule has 106 valence electrons. The molecule has 0 heterocycles. The van der Waals surface area contributed by atoms with Gasteiger partial charge in [0.2, 0.25) is 0 Å². The molecular weight excluding hydrogens is 254 g/mol. The first-order valence-corrected chi connectivity index (χ1v) is 7.05. The summed E-state index contributed by atoms with van der Waals surface area (Å²) in [5.41, 5.74) is 0.826. The van der Waals surface area contributed by atoms with Crippen molar-refractivity contribution in [1.82, 2.24) is 0 Å². The third-order valence-electron chi connectivity index (χ3n) is 3.94. The molecule has 20 heavy (non-hydrogen) atoms. The van der Waals surface area contributed by atoms with Gasteiger partial charge in [0.05, 0.1) is 16.6 Å². The Labute approximate surface area is 118 Å². The zero-order valence-corrected chi connectivity index (χ0v) is 11.6. The maximum Gasteiger partial charge on any atom is 0.293 e. The normalized spacial score (nSPS) is 22.6. The fourth-order valence-electron chi connectivity index (χ4n) is 2.73. The maximum atomic E-state index is 11.1. The van der Waals surface area contributed by atoms with E-state index in [1.807, 2.05) is 6.07 Å². The Morgan fingerprint density at radius 2 is 2.15 bits per heavy atom. The van der Waals surface area contributed by atoms with E-state index in [9.17, 15) is 10.1 Å². The summed E-state index contributed by atoms with van der Waals surface area (Å²) in [5.74, 6) is 0.734. The summed E-state index contributed by atoms with van der Waals surface area (Å²) in [6.45, 7) is 2.26. The zero-order valence-electron chi connectivity index (χ0n) is 11.6. The Hall–Kier alpha value is -2.09. The molecule has 0 bridgehead atoms. The molecule has 2 unspecified atom stereocenters. The summed E-state index contributed by atoms with van der Waals surface area (Å²) >= 11 is 0. The highest BCUT2D eigenvalue weighted by Crippen LogP contribution is 2.30. The Bertz CT molecular complexity index is 536. The van der Waals surface area contributed by atoms with Gasteiger partial charge in [-0.1, -0.05) is 19.8 Å². The lowest BCUT2D eigenvalue weighted by molar-refractivity contribution is -0.384. The van der Waals surface area contributed by atoms with Crippen molar-refractivity contribution in [2.45, 2.75) is 45.1 Å². The largest absolute Gasteiger partial charge is 0.377 e. The number of nitro groups is 1. The van der Waals surface area contributed by atoms with Gasteiger partial charge in [0, 0.05) is 12.1 Å². The topological polar surface area (TPSA) is 79.0 Å². The van der Waals surface area contributed by atoms with Crippen molar-refractivity contribution in [3.63, 3.8) is 0 Å². The van der Waals surface area contributed by atoms with E-state index in [4.69, 9.17) is 5.26 Å². The Balaban J connectivity index is 2.16. The molecule has 1 aliphatic rings. The molecule has 1 aromatic carbocycles. The first-order valence-electron chi connectivity index (χ1n) is 7.05. The second kappa shape index (κ2) is 6.38. The number of nitrogens with one attached hydrogen (secondary N) is 1. The molecule has 1 fully saturated rings. The van der Waals surface area contributed by atoms with Crippen molar-refractivity contribution < 1.29 is 4.92 Å². The van der Waals surface area contributed by atoms with Crippen LogP contribution in [0.2, 0.25) is 0 Å². The SMILES string of the molecule is CC1CCCC(Nc2ccc(C#N)cc2[N+](=O)[O-])CC1. The number of hydrogen-bond acceptors (Lipinski definition) is 4. The number of rotatable bonds is 3. The highest BCUT2D eigenvalue weighted by molar-refractivity contribution is 5.64. The van der Waals surface area contributed by atoms with Crippen molar-refractivity contribution in [1.29, 1.82) is 5.26 Å². The van der Waals surface area contributed by atoms with Crippen LogP contribution in [0.3, 0.4) is 0 Å². The van der Waals surface area contributed by atoms with Crippen LogP contribution < -0.4 is 5.32 Å². The van der Waals surface area contributed by atoms with Crippen LogP contribution in [0.5, 0.6) is 0 Å². The number of anilines is 1. The van der Waals surface area contributed by atoms with E-state index in [0.29, 0.717) is 11.3 Å². The lowest BCUT2D eigenvalue weighted by Crippen LogP contribution is -2.19. The first-order chi connectivity index (χ1) is 9.60. The van der Waals surface area contributed by atoms with Crippen LogP contribution in [0, 0.1) is 27.4 Å². The third-order valence-corrected chi connectivity index (χ3v) is 3.94. The van der Waals surface area contributed by atoms with E-state index >= 15 is 0 Å². The van der Waals surface area contributed by atoms with Gasteiger partial charge in [-0.2, -0.15) is 5.26 Å². The highest BCUT2D eigenvalue weighted by atomic mass is 16.6. The number of nitro benzene ring substituents is 1. The number of nitriles is 1. The van der Waals surface area contributed by atoms with Crippen molar-refractivity contribution in [2.24, 2.45) is 5.92 Å². The standard InChI is InChI=1S/C15H19N3O2/c1-11-3-2-4-13(7-5-11)17-14-8-6-12(10-16)9-15(14)18(19)20/h6,8-9,11,13,17H,2-5,7H2,1H3. The van der Waals surface area contributed by atoms with E-state index in [1.165, 1.54) is 12.5 Å². The van der Waals surface area contributed by atoms with Crippen LogP contribution in [0.4, 0.5) is 11.4 Å². The van der Waals surface area contributed by atoms with Gasteiger partial charge in [-0.15, -0.1) is 0 Å². The molecule has 0 aliphatic heterocycles. The quantitative estimate of drug-likeness (QED) is 0.515. The molecule has 0 spiro atoms. The van der Waals surface area contributed by atoms with Gasteiger partial charge in [0.15, 0.2) is 0 Å². The van der Waals surface area contributed by atoms with Crippen molar-refractivity contribution >= 4 is 11.4 Å². The average Bonchev–Trinajstić information content (AvgIpc) is 2.64. The van der Waals surface area contributed by atoms with E-state index in [1.54, 1.807) is 12.1 Å². The summed E-state index contributed by atoms with van der Waals surface area (Å²) in [7, 11) is 0. The van der Waals surface area contributed by atoms with E-state index < -0.39 is 4.92 Å². The van der Waals surface area contributed by atoms with E-state index in [2.05, 4.69) is 12.2 Å². The van der Waals surface area contributed by atoms with Crippen LogP contribution in [0.15, 0.2) is 18.2 Å². The Kier molecular flexibility index (Phi) is 4.57. The minimum absolute atomic E-state index is 0.0126. The van der Waals surface area contributed by atoms with Crippen molar-refractivity contribution in [3.8, 4) is 6.07 Å². The molecule has 5 nitrogen and oxygen atoms in total. The van der Waals surface area contributed by atoms with Gasteiger partial charge in [-0.05, 0) is 37.3 Å². The van der Waals surface area contributed by atoms with E-state index in [-0.39, 0.29) is 11.7 Å². The minimum Gasteiger partial charge on any atom is -0.377 e. The van der Waals surface area contributed by atoms with Crippen molar-refractivity contribution in [2.75, 3.05) is 5.32 Å². The predicted molar refractivity (Wildman–Crippen MR) is 77.5 cm³/mol. The van der Waals surface area contributed by atoms with Gasteiger partial charge in [0.25, 0.3) is 5.69 Å². The summed E-state index contributed by atoms with van der Waals surface area (Å²) in [6.07, 6.45) is 5.62. The summed E-state index contributed by atoms with van der Waals surface area (Å²) in [5, 5.41) is 23.2. The van der Waals surface area contributed by atoms with Crippen LogP contribution >= 0.6 is 0 Å². The first kappa shape index (κ1) is 14.3. The maximum absolute atomic E-state index is 11.1. The lowest BCUT2D eigenvalue weighted by atomic mass is 10.0. The lowest BCUT2D eigenvalue weighted by Gasteiger charge is -2.17. The zero-order chi connectivity index (χ0) is 14.5. The van der Waals surface area contributed by atoms with Gasteiger partial charge >= 0.3 is 0 Å². The molecule has 5 heteroatoms. The molecule has 2 rings (SSSR count). The number of hydrogen-bond donors (Lipinski definition) is 1. The van der Waals surface area contributed by atoms with Crippen LogP contribution in [-0.4, -0.2) is 11.0 Å². The molecular formula is C15H19N3O2. The molecule has 0 saturated heterocycles. The smallest absolute Gasteiger partial charge is 0.293 e.